The molecule has 1 atom stereocenters. The second-order valence-electron chi connectivity index (χ2n) is 8.03. The van der Waals surface area contributed by atoms with Gasteiger partial charge in [-0.25, -0.2) is 0 Å². The van der Waals surface area contributed by atoms with Crippen molar-refractivity contribution in [3.05, 3.63) is 69.8 Å². The van der Waals surface area contributed by atoms with Crippen LogP contribution < -0.4 is 10.2 Å². The fourth-order valence-electron chi connectivity index (χ4n) is 4.51. The third-order valence-electron chi connectivity index (χ3n) is 6.10. The molecule has 1 N–H and O–H groups in total. The molecule has 2 saturated heterocycles. The fraction of sp³-hybridized carbons (Fsp3) is 0.435. The van der Waals surface area contributed by atoms with Crippen molar-refractivity contribution in [1.82, 2.24) is 10.2 Å². The number of hydrogen-bond donors (Lipinski definition) is 1. The first-order valence-corrected chi connectivity index (χ1v) is 10.7. The van der Waals surface area contributed by atoms with Crippen LogP contribution in [0.5, 0.6) is 0 Å². The second-order valence-corrected chi connectivity index (χ2v) is 8.03. The van der Waals surface area contributed by atoms with Gasteiger partial charge in [0.05, 0.1) is 11.0 Å². The Bertz CT molecular complexity index is 891. The topological polar surface area (TPSA) is 78.7 Å². The van der Waals surface area contributed by atoms with Gasteiger partial charge in [0.25, 0.3) is 11.6 Å². The zero-order valence-corrected chi connectivity index (χ0v) is 17.1. The number of carbonyl (C=O) groups excluding carboxylic acids is 1. The third-order valence-corrected chi connectivity index (χ3v) is 6.10. The largest absolute Gasteiger partial charge is 0.366 e. The van der Waals surface area contributed by atoms with Crippen molar-refractivity contribution in [1.29, 1.82) is 0 Å². The SMILES string of the molecule is O=C(NCC(c1ccccc1)N1CCCC1)c1ccc(N2CCCC2)c([N+](=O)[O-])c1. The van der Waals surface area contributed by atoms with E-state index in [2.05, 4.69) is 22.3 Å². The first-order valence-electron chi connectivity index (χ1n) is 10.7. The molecule has 30 heavy (non-hydrogen) atoms. The molecule has 0 saturated carbocycles. The number of nitro benzene ring substituents is 1. The minimum Gasteiger partial charge on any atom is -0.366 e. The van der Waals surface area contributed by atoms with E-state index in [0.29, 0.717) is 17.8 Å². The van der Waals surface area contributed by atoms with Crippen LogP contribution in [0.4, 0.5) is 11.4 Å². The minimum absolute atomic E-state index is 0.00343. The lowest BCUT2D eigenvalue weighted by molar-refractivity contribution is -0.384. The van der Waals surface area contributed by atoms with Gasteiger partial charge < -0.3 is 10.2 Å². The van der Waals surface area contributed by atoms with Crippen molar-refractivity contribution in [3.8, 4) is 0 Å². The summed E-state index contributed by atoms with van der Waals surface area (Å²) in [5.41, 5.74) is 2.12. The molecular formula is C23H28N4O3. The maximum atomic E-state index is 12.8. The maximum absolute atomic E-state index is 12.8. The molecule has 2 fully saturated rings. The highest BCUT2D eigenvalue weighted by molar-refractivity contribution is 5.95. The van der Waals surface area contributed by atoms with E-state index in [0.717, 1.165) is 39.0 Å². The van der Waals surface area contributed by atoms with E-state index in [4.69, 9.17) is 0 Å². The maximum Gasteiger partial charge on any atom is 0.293 e. The van der Waals surface area contributed by atoms with Crippen LogP contribution in [0, 0.1) is 10.1 Å². The standard InChI is InChI=1S/C23H28N4O3/c28-23(19-10-11-20(21(16-19)27(29)30)25-12-4-5-13-25)24-17-22(26-14-6-7-15-26)18-8-2-1-3-9-18/h1-3,8-11,16,22H,4-7,12-15,17H2,(H,24,28). The number of rotatable bonds is 7. The summed E-state index contributed by atoms with van der Waals surface area (Å²) in [5, 5.41) is 14.6. The van der Waals surface area contributed by atoms with Gasteiger partial charge in [-0.1, -0.05) is 30.3 Å². The van der Waals surface area contributed by atoms with Gasteiger partial charge in [0.2, 0.25) is 0 Å². The number of hydrogen-bond acceptors (Lipinski definition) is 5. The smallest absolute Gasteiger partial charge is 0.293 e. The van der Waals surface area contributed by atoms with Crippen molar-refractivity contribution in [3.63, 3.8) is 0 Å². The Morgan fingerprint density at radius 3 is 2.33 bits per heavy atom. The lowest BCUT2D eigenvalue weighted by Gasteiger charge is -2.28. The van der Waals surface area contributed by atoms with Gasteiger partial charge in [-0.3, -0.25) is 19.8 Å². The summed E-state index contributed by atoms with van der Waals surface area (Å²) in [5.74, 6) is -0.272. The predicted molar refractivity (Wildman–Crippen MR) is 117 cm³/mol. The van der Waals surface area contributed by atoms with Gasteiger partial charge in [0.1, 0.15) is 5.69 Å². The molecule has 0 aliphatic carbocycles. The summed E-state index contributed by atoms with van der Waals surface area (Å²) in [6, 6.07) is 15.1. The van der Waals surface area contributed by atoms with Gasteiger partial charge in [0.15, 0.2) is 0 Å². The quantitative estimate of drug-likeness (QED) is 0.557. The van der Waals surface area contributed by atoms with Crippen LogP contribution in [0.2, 0.25) is 0 Å². The number of benzene rings is 2. The zero-order valence-electron chi connectivity index (χ0n) is 17.1. The number of nitrogens with one attached hydrogen (secondary N) is 1. The second kappa shape index (κ2) is 9.26. The Morgan fingerprint density at radius 1 is 1.00 bits per heavy atom. The highest BCUT2D eigenvalue weighted by Gasteiger charge is 2.26. The van der Waals surface area contributed by atoms with Gasteiger partial charge in [-0.2, -0.15) is 0 Å². The summed E-state index contributed by atoms with van der Waals surface area (Å²) >= 11 is 0. The van der Waals surface area contributed by atoms with E-state index in [1.165, 1.54) is 24.5 Å². The van der Waals surface area contributed by atoms with Gasteiger partial charge in [-0.15, -0.1) is 0 Å². The van der Waals surface area contributed by atoms with E-state index >= 15 is 0 Å². The number of carbonyl (C=O) groups is 1. The Labute approximate surface area is 176 Å². The Hall–Kier alpha value is -2.93. The fourth-order valence-corrected chi connectivity index (χ4v) is 4.51. The van der Waals surface area contributed by atoms with Crippen LogP contribution in [0.25, 0.3) is 0 Å². The van der Waals surface area contributed by atoms with Gasteiger partial charge in [-0.05, 0) is 56.5 Å². The Kier molecular flexibility index (Phi) is 6.28. The van der Waals surface area contributed by atoms with Crippen LogP contribution >= 0.6 is 0 Å². The molecule has 2 aromatic rings. The van der Waals surface area contributed by atoms with Crippen molar-refractivity contribution in [2.75, 3.05) is 37.6 Å². The number of anilines is 1. The monoisotopic (exact) mass is 408 g/mol. The average molecular weight is 409 g/mol. The van der Waals surface area contributed by atoms with E-state index in [9.17, 15) is 14.9 Å². The van der Waals surface area contributed by atoms with E-state index in [1.807, 2.05) is 23.1 Å². The van der Waals surface area contributed by atoms with Gasteiger partial charge in [0, 0.05) is 31.3 Å². The molecule has 0 radical (unpaired) electrons. The van der Waals surface area contributed by atoms with Crippen LogP contribution in [0.15, 0.2) is 48.5 Å². The summed E-state index contributed by atoms with van der Waals surface area (Å²) in [4.78, 5) is 28.5. The molecule has 1 amide bonds. The number of likely N-dealkylation sites (tertiary alicyclic amines) is 1. The first-order chi connectivity index (χ1) is 14.6. The summed E-state index contributed by atoms with van der Waals surface area (Å²) in [6.45, 7) is 4.16. The predicted octanol–water partition coefficient (Wildman–Crippen LogP) is 3.76. The molecule has 0 spiro atoms. The van der Waals surface area contributed by atoms with Crippen LogP contribution in [0.3, 0.4) is 0 Å². The summed E-state index contributed by atoms with van der Waals surface area (Å²) in [6.07, 6.45) is 4.41. The van der Waals surface area contributed by atoms with Crippen molar-refractivity contribution in [2.45, 2.75) is 31.7 Å². The normalized spacial score (nSPS) is 17.8. The van der Waals surface area contributed by atoms with Gasteiger partial charge >= 0.3 is 0 Å². The molecule has 7 nitrogen and oxygen atoms in total. The molecule has 2 aliphatic heterocycles. The van der Waals surface area contributed by atoms with E-state index in [-0.39, 0.29) is 22.6 Å². The van der Waals surface area contributed by atoms with E-state index < -0.39 is 0 Å². The Morgan fingerprint density at radius 2 is 1.67 bits per heavy atom. The van der Waals surface area contributed by atoms with Crippen molar-refractivity contribution in [2.24, 2.45) is 0 Å². The summed E-state index contributed by atoms with van der Waals surface area (Å²) < 4.78 is 0. The highest BCUT2D eigenvalue weighted by Crippen LogP contribution is 2.32. The number of amides is 1. The minimum atomic E-state index is -0.387. The summed E-state index contributed by atoms with van der Waals surface area (Å²) in [7, 11) is 0. The molecule has 0 bridgehead atoms. The first kappa shape index (κ1) is 20.3. The molecule has 4 rings (SSSR count). The number of nitrogens with zero attached hydrogens (tertiary/aromatic N) is 3. The molecule has 2 heterocycles. The molecular weight excluding hydrogens is 380 g/mol. The van der Waals surface area contributed by atoms with Crippen molar-refractivity contribution < 1.29 is 9.72 Å². The average Bonchev–Trinajstić information content (AvgIpc) is 3.49. The van der Waals surface area contributed by atoms with Crippen LogP contribution in [-0.4, -0.2) is 48.5 Å². The molecule has 0 aromatic heterocycles. The van der Waals surface area contributed by atoms with Crippen LogP contribution in [0.1, 0.15) is 47.6 Å². The third kappa shape index (κ3) is 4.46. The van der Waals surface area contributed by atoms with E-state index in [1.54, 1.807) is 12.1 Å². The lowest BCUT2D eigenvalue weighted by Crippen LogP contribution is -2.36. The molecule has 1 unspecified atom stereocenters. The molecule has 158 valence electrons. The Balaban J connectivity index is 1.49. The van der Waals surface area contributed by atoms with Crippen molar-refractivity contribution >= 4 is 17.3 Å². The molecule has 2 aromatic carbocycles. The highest BCUT2D eigenvalue weighted by atomic mass is 16.6. The zero-order chi connectivity index (χ0) is 20.9. The van der Waals surface area contributed by atoms with Crippen LogP contribution in [-0.2, 0) is 0 Å². The molecule has 2 aliphatic rings. The number of nitro groups is 1. The lowest BCUT2D eigenvalue weighted by atomic mass is 10.1. The molecule has 7 heteroatoms.